The third-order valence-electron chi connectivity index (χ3n) is 6.29. The van der Waals surface area contributed by atoms with Crippen molar-refractivity contribution in [3.05, 3.63) is 71.0 Å². The number of alkyl halides is 3. The molecule has 1 aliphatic heterocycles. The second-order valence-electron chi connectivity index (χ2n) is 9.93. The van der Waals surface area contributed by atoms with Gasteiger partial charge in [-0.15, -0.1) is 0 Å². The Balaban J connectivity index is 1.66. The maximum atomic E-state index is 13.6. The molecule has 0 unspecified atom stereocenters. The molecule has 4 rings (SSSR count). The predicted octanol–water partition coefficient (Wildman–Crippen LogP) is 5.59. The van der Waals surface area contributed by atoms with Gasteiger partial charge in [0.1, 0.15) is 17.1 Å². The van der Waals surface area contributed by atoms with Crippen LogP contribution >= 0.6 is 0 Å². The van der Waals surface area contributed by atoms with Gasteiger partial charge in [0.15, 0.2) is 0 Å². The Kier molecular flexibility index (Phi) is 7.40. The van der Waals surface area contributed by atoms with Gasteiger partial charge in [0.05, 0.1) is 16.9 Å². The number of hydrogen-bond donors (Lipinski definition) is 4. The van der Waals surface area contributed by atoms with E-state index in [0.717, 1.165) is 39.0 Å². The third kappa shape index (κ3) is 6.02. The number of halogens is 3. The summed E-state index contributed by atoms with van der Waals surface area (Å²) in [5.74, 6) is 0.299. The Morgan fingerprint density at radius 3 is 2.54 bits per heavy atom. The molecule has 0 saturated carbocycles. The molecule has 7 nitrogen and oxygen atoms in total. The summed E-state index contributed by atoms with van der Waals surface area (Å²) < 4.78 is 40.8. The lowest BCUT2D eigenvalue weighted by atomic mass is 9.88. The summed E-state index contributed by atoms with van der Waals surface area (Å²) in [7, 11) is 0. The lowest BCUT2D eigenvalue weighted by Gasteiger charge is -2.27. The van der Waals surface area contributed by atoms with Crippen molar-refractivity contribution < 1.29 is 18.0 Å². The summed E-state index contributed by atoms with van der Waals surface area (Å²) >= 11 is 0. The summed E-state index contributed by atoms with van der Waals surface area (Å²) in [6.45, 7) is 7.58. The van der Waals surface area contributed by atoms with Gasteiger partial charge in [-0.05, 0) is 76.1 Å². The topological polar surface area (TPSA) is 91.0 Å². The van der Waals surface area contributed by atoms with Crippen molar-refractivity contribution >= 4 is 28.9 Å². The fraction of sp³-hybridized carbons (Fsp3) is 0.370. The van der Waals surface area contributed by atoms with Crippen LogP contribution in [0.25, 0.3) is 0 Å². The molecule has 10 heteroatoms. The second kappa shape index (κ2) is 10.4. The van der Waals surface area contributed by atoms with Crippen LogP contribution < -0.4 is 21.3 Å². The van der Waals surface area contributed by atoms with Gasteiger partial charge in [-0.25, -0.2) is 9.97 Å². The smallest absolute Gasteiger partial charge is 0.350 e. The van der Waals surface area contributed by atoms with Crippen molar-refractivity contribution in [1.29, 1.82) is 0 Å². The van der Waals surface area contributed by atoms with Gasteiger partial charge in [0, 0.05) is 30.5 Å². The minimum atomic E-state index is -4.47. The zero-order valence-electron chi connectivity index (χ0n) is 21.3. The fourth-order valence-corrected chi connectivity index (χ4v) is 3.99. The number of aromatic nitrogens is 2. The molecule has 1 amide bonds. The van der Waals surface area contributed by atoms with Crippen LogP contribution in [-0.2, 0) is 18.4 Å². The first-order valence-corrected chi connectivity index (χ1v) is 12.2. The number of nitrogens with one attached hydrogen (secondary N) is 4. The van der Waals surface area contributed by atoms with Crippen molar-refractivity contribution in [1.82, 2.24) is 20.6 Å². The zero-order valence-corrected chi connectivity index (χ0v) is 21.3. The quantitative estimate of drug-likeness (QED) is 0.330. The normalized spacial score (nSPS) is 13.7. The van der Waals surface area contributed by atoms with E-state index in [1.165, 1.54) is 29.5 Å². The number of fused-ring (bicyclic) bond motifs is 1. The van der Waals surface area contributed by atoms with Crippen molar-refractivity contribution in [2.45, 2.75) is 58.3 Å². The summed E-state index contributed by atoms with van der Waals surface area (Å²) in [5, 5.41) is 12.5. The lowest BCUT2D eigenvalue weighted by Crippen LogP contribution is -2.37. The van der Waals surface area contributed by atoms with Crippen molar-refractivity contribution in [3.63, 3.8) is 0 Å². The van der Waals surface area contributed by atoms with E-state index in [0.29, 0.717) is 11.5 Å². The lowest BCUT2D eigenvalue weighted by molar-refractivity contribution is -0.181. The van der Waals surface area contributed by atoms with Crippen LogP contribution in [0.2, 0.25) is 0 Å². The first kappa shape index (κ1) is 26.4. The van der Waals surface area contributed by atoms with Crippen LogP contribution in [0.3, 0.4) is 0 Å². The molecule has 3 heterocycles. The number of benzene rings is 1. The van der Waals surface area contributed by atoms with E-state index in [1.54, 1.807) is 12.1 Å². The van der Waals surface area contributed by atoms with E-state index in [2.05, 4.69) is 43.4 Å². The van der Waals surface area contributed by atoms with Crippen LogP contribution in [0.5, 0.6) is 0 Å². The van der Waals surface area contributed by atoms with Crippen LogP contribution in [0.4, 0.5) is 36.2 Å². The minimum Gasteiger partial charge on any atom is -0.350 e. The van der Waals surface area contributed by atoms with Crippen molar-refractivity contribution in [2.75, 3.05) is 17.2 Å². The van der Waals surface area contributed by atoms with Gasteiger partial charge in [-0.1, -0.05) is 12.1 Å². The molecule has 0 aliphatic carbocycles. The average molecular weight is 513 g/mol. The van der Waals surface area contributed by atoms with E-state index in [4.69, 9.17) is 0 Å². The van der Waals surface area contributed by atoms with Gasteiger partial charge in [-0.3, -0.25) is 4.79 Å². The van der Waals surface area contributed by atoms with Crippen LogP contribution in [0, 0.1) is 0 Å². The monoisotopic (exact) mass is 512 g/mol. The second-order valence-corrected chi connectivity index (χ2v) is 9.93. The molecule has 0 bridgehead atoms. The SMILES string of the molecule is CC(C)NC(=O)c1cnc(Nc2ccc3c(c2)CNCC3)cc1Nc1cccc(C(C)(C)C(F)(F)F)n1. The Morgan fingerprint density at radius 2 is 1.81 bits per heavy atom. The Labute approximate surface area is 214 Å². The highest BCUT2D eigenvalue weighted by Gasteiger charge is 2.49. The largest absolute Gasteiger partial charge is 0.399 e. The first-order chi connectivity index (χ1) is 17.4. The molecule has 37 heavy (non-hydrogen) atoms. The van der Waals surface area contributed by atoms with E-state index >= 15 is 0 Å². The van der Waals surface area contributed by atoms with Gasteiger partial charge in [0.2, 0.25) is 0 Å². The number of rotatable bonds is 7. The molecule has 1 aromatic carbocycles. The van der Waals surface area contributed by atoms with Crippen LogP contribution in [0.15, 0.2) is 48.7 Å². The van der Waals surface area contributed by atoms with E-state index in [9.17, 15) is 18.0 Å². The predicted molar refractivity (Wildman–Crippen MR) is 139 cm³/mol. The Hall–Kier alpha value is -3.66. The zero-order chi connectivity index (χ0) is 26.8. The number of carbonyl (C=O) groups is 1. The summed E-state index contributed by atoms with van der Waals surface area (Å²) in [6.07, 6.45) is -2.07. The number of carbonyl (C=O) groups excluding carboxylic acids is 1. The molecule has 3 aromatic rings. The minimum absolute atomic E-state index is 0.115. The number of pyridine rings is 2. The Bertz CT molecular complexity index is 1290. The third-order valence-corrected chi connectivity index (χ3v) is 6.29. The Morgan fingerprint density at radius 1 is 1.03 bits per heavy atom. The number of nitrogens with zero attached hydrogens (tertiary/aromatic N) is 2. The standard InChI is InChI=1S/C27H31F3N6O/c1-16(2)33-25(37)20-15-32-24(34-19-9-8-17-10-11-31-14-18(17)12-19)13-21(20)35-23-7-5-6-22(36-23)26(3,4)27(28,29)30/h5-9,12-13,15-16,31H,10-11,14H2,1-4H3,(H,33,37)(H2,32,34,35,36). The van der Waals surface area contributed by atoms with E-state index in [-0.39, 0.29) is 29.0 Å². The van der Waals surface area contributed by atoms with Gasteiger partial charge < -0.3 is 21.3 Å². The molecule has 0 atom stereocenters. The first-order valence-electron chi connectivity index (χ1n) is 12.2. The van der Waals surface area contributed by atoms with Crippen LogP contribution in [0.1, 0.15) is 54.9 Å². The molecular weight excluding hydrogens is 481 g/mol. The molecule has 0 spiro atoms. The summed E-state index contributed by atoms with van der Waals surface area (Å²) in [6, 6.07) is 12.1. The highest BCUT2D eigenvalue weighted by Crippen LogP contribution is 2.40. The molecule has 2 aromatic heterocycles. The van der Waals surface area contributed by atoms with Gasteiger partial charge in [-0.2, -0.15) is 13.2 Å². The number of amides is 1. The number of anilines is 4. The highest BCUT2D eigenvalue weighted by atomic mass is 19.4. The van der Waals surface area contributed by atoms with E-state index in [1.807, 2.05) is 19.9 Å². The van der Waals surface area contributed by atoms with Gasteiger partial charge in [0.25, 0.3) is 5.91 Å². The van der Waals surface area contributed by atoms with Crippen molar-refractivity contribution in [2.24, 2.45) is 0 Å². The van der Waals surface area contributed by atoms with Crippen molar-refractivity contribution in [3.8, 4) is 0 Å². The molecule has 1 aliphatic rings. The van der Waals surface area contributed by atoms with Crippen LogP contribution in [-0.4, -0.2) is 34.6 Å². The molecule has 0 fully saturated rings. The molecule has 4 N–H and O–H groups in total. The maximum Gasteiger partial charge on any atom is 0.399 e. The summed E-state index contributed by atoms with van der Waals surface area (Å²) in [5.41, 5.74) is 1.68. The maximum absolute atomic E-state index is 13.6. The average Bonchev–Trinajstić information content (AvgIpc) is 2.83. The van der Waals surface area contributed by atoms with Gasteiger partial charge >= 0.3 is 6.18 Å². The molecular formula is C27H31F3N6O. The summed E-state index contributed by atoms with van der Waals surface area (Å²) in [4.78, 5) is 21.5. The molecule has 0 radical (unpaired) electrons. The number of hydrogen-bond acceptors (Lipinski definition) is 6. The molecule has 196 valence electrons. The highest BCUT2D eigenvalue weighted by molar-refractivity contribution is 6.00. The molecule has 0 saturated heterocycles. The fourth-order valence-electron chi connectivity index (χ4n) is 3.99. The van der Waals surface area contributed by atoms with E-state index < -0.39 is 11.6 Å².